The molecule has 0 spiro atoms. The van der Waals surface area contributed by atoms with Gasteiger partial charge in [0.1, 0.15) is 0 Å². The highest BCUT2D eigenvalue weighted by atomic mass is 14.8. The Labute approximate surface area is 252 Å². The van der Waals surface area contributed by atoms with Crippen molar-refractivity contribution in [2.24, 2.45) is 98.6 Å². The number of rotatable bonds is 6. The van der Waals surface area contributed by atoms with E-state index in [-0.39, 0.29) is 5.41 Å². The molecule has 0 aromatic heterocycles. The number of allylic oxidation sites excluding steroid dienone is 1. The van der Waals surface area contributed by atoms with Crippen LogP contribution in [0.1, 0.15) is 142 Å². The van der Waals surface area contributed by atoms with Crippen molar-refractivity contribution in [3.8, 4) is 0 Å². The molecule has 4 aliphatic carbocycles. The standard InChI is InChI=1S/C40H72/c1-23(2)18-17-21-37(12,13)33-20-19-32-28(8)39(15)31(11)38(14)22-25(5)34(24(3)4)29(9)40(38,16)30(10)36(39)27(7)35(32)26(33)6/h23-28,30-36H,9,17-22H2,1-8,10-16H3. The molecule has 0 nitrogen and oxygen atoms in total. The van der Waals surface area contributed by atoms with Gasteiger partial charge in [-0.2, -0.15) is 0 Å². The van der Waals surface area contributed by atoms with Gasteiger partial charge in [-0.05, 0) is 124 Å². The first-order valence-corrected chi connectivity index (χ1v) is 18.0. The lowest BCUT2D eigenvalue weighted by Crippen LogP contribution is -2.70. The van der Waals surface area contributed by atoms with Gasteiger partial charge in [0.25, 0.3) is 0 Å². The Morgan fingerprint density at radius 2 is 1.48 bits per heavy atom. The lowest BCUT2D eigenvalue weighted by molar-refractivity contribution is -0.261. The summed E-state index contributed by atoms with van der Waals surface area (Å²) in [7, 11) is 0. The molecule has 0 aliphatic heterocycles. The molecular formula is C40H72. The molecule has 40 heavy (non-hydrogen) atoms. The van der Waals surface area contributed by atoms with Crippen molar-refractivity contribution in [2.45, 2.75) is 142 Å². The van der Waals surface area contributed by atoms with E-state index in [1.165, 1.54) is 38.5 Å². The molecular weight excluding hydrogens is 480 g/mol. The third-order valence-electron chi connectivity index (χ3n) is 16.3. The lowest BCUT2D eigenvalue weighted by Gasteiger charge is -2.76. The molecule has 0 radical (unpaired) electrons. The average molecular weight is 553 g/mol. The SMILES string of the molecule is C=C1C(C(C)C)C(C)CC2(C)C(C)C3(C)C(C)C4CCC(C(C)(C)CCCC(C)C)C(C)C4C(C)C3C(C)C12C. The molecule has 0 aromatic carbocycles. The van der Waals surface area contributed by atoms with Gasteiger partial charge in [-0.3, -0.25) is 0 Å². The van der Waals surface area contributed by atoms with Gasteiger partial charge >= 0.3 is 0 Å². The van der Waals surface area contributed by atoms with Gasteiger partial charge < -0.3 is 0 Å². The van der Waals surface area contributed by atoms with Gasteiger partial charge in [-0.1, -0.05) is 129 Å². The quantitative estimate of drug-likeness (QED) is 0.287. The maximum atomic E-state index is 5.04. The average Bonchev–Trinajstić information content (AvgIpc) is 2.83. The van der Waals surface area contributed by atoms with E-state index in [1.807, 2.05) is 0 Å². The summed E-state index contributed by atoms with van der Waals surface area (Å²) in [5, 5.41) is 0. The van der Waals surface area contributed by atoms with Crippen LogP contribution in [0, 0.1) is 98.6 Å². The molecule has 4 fully saturated rings. The minimum absolute atomic E-state index is 0.215. The van der Waals surface area contributed by atoms with Gasteiger partial charge in [0, 0.05) is 0 Å². The highest BCUT2D eigenvalue weighted by Gasteiger charge is 2.72. The van der Waals surface area contributed by atoms with E-state index in [1.54, 1.807) is 5.57 Å². The Kier molecular flexibility index (Phi) is 8.75. The fourth-order valence-corrected chi connectivity index (χ4v) is 14.0. The van der Waals surface area contributed by atoms with Crippen LogP contribution >= 0.6 is 0 Å². The molecule has 14 unspecified atom stereocenters. The summed E-state index contributed by atoms with van der Waals surface area (Å²) in [4.78, 5) is 0. The predicted octanol–water partition coefficient (Wildman–Crippen LogP) is 12.2. The van der Waals surface area contributed by atoms with Crippen LogP contribution in [0.3, 0.4) is 0 Å². The minimum atomic E-state index is 0.215. The van der Waals surface area contributed by atoms with E-state index < -0.39 is 0 Å². The van der Waals surface area contributed by atoms with E-state index in [0.717, 1.165) is 59.2 Å². The van der Waals surface area contributed by atoms with E-state index in [0.29, 0.717) is 34.0 Å². The summed E-state index contributed by atoms with van der Waals surface area (Å²) in [6.07, 6.45) is 8.49. The first-order chi connectivity index (χ1) is 18.3. The van der Waals surface area contributed by atoms with Crippen LogP contribution in [0.15, 0.2) is 12.2 Å². The zero-order valence-electron chi connectivity index (χ0n) is 30.0. The highest BCUT2D eigenvalue weighted by molar-refractivity contribution is 5.30. The molecule has 232 valence electrons. The molecule has 0 N–H and O–H groups in total. The molecule has 14 atom stereocenters. The Hall–Kier alpha value is -0.260. The van der Waals surface area contributed by atoms with Crippen molar-refractivity contribution in [3.63, 3.8) is 0 Å². The van der Waals surface area contributed by atoms with E-state index in [2.05, 4.69) is 104 Å². The van der Waals surface area contributed by atoms with Crippen molar-refractivity contribution < 1.29 is 0 Å². The molecule has 0 aromatic rings. The second-order valence-corrected chi connectivity index (χ2v) is 18.7. The molecule has 4 aliphatic rings. The van der Waals surface area contributed by atoms with Crippen LogP contribution in [0.2, 0.25) is 0 Å². The molecule has 0 bridgehead atoms. The summed E-state index contributed by atoms with van der Waals surface area (Å²) < 4.78 is 0. The molecule has 0 saturated heterocycles. The van der Waals surface area contributed by atoms with Crippen LogP contribution in [-0.4, -0.2) is 0 Å². The smallest absolute Gasteiger partial charge is 0.00310 e. The number of hydrogen-bond acceptors (Lipinski definition) is 0. The molecule has 0 heteroatoms. The van der Waals surface area contributed by atoms with Gasteiger partial charge in [-0.15, -0.1) is 0 Å². The molecule has 4 saturated carbocycles. The Morgan fingerprint density at radius 3 is 2.02 bits per heavy atom. The van der Waals surface area contributed by atoms with Crippen molar-refractivity contribution >= 4 is 0 Å². The summed E-state index contributed by atoms with van der Waals surface area (Å²) in [6, 6.07) is 0. The second kappa shape index (κ2) is 10.7. The van der Waals surface area contributed by atoms with Crippen LogP contribution in [-0.2, 0) is 0 Å². The topological polar surface area (TPSA) is 0 Å². The maximum Gasteiger partial charge on any atom is -0.00310 e. The van der Waals surface area contributed by atoms with E-state index >= 15 is 0 Å². The largest absolute Gasteiger partial charge is 0.0990 e. The number of fused-ring (bicyclic) bond motifs is 3. The van der Waals surface area contributed by atoms with Crippen LogP contribution in [0.25, 0.3) is 0 Å². The van der Waals surface area contributed by atoms with Gasteiger partial charge in [0.15, 0.2) is 0 Å². The fourth-order valence-electron chi connectivity index (χ4n) is 14.0. The Morgan fingerprint density at radius 1 is 0.875 bits per heavy atom. The van der Waals surface area contributed by atoms with Crippen molar-refractivity contribution in [3.05, 3.63) is 12.2 Å². The third kappa shape index (κ3) is 4.39. The van der Waals surface area contributed by atoms with Crippen LogP contribution < -0.4 is 0 Å². The molecule has 0 heterocycles. The summed E-state index contributed by atoms with van der Waals surface area (Å²) in [6.45, 7) is 44.4. The zero-order valence-corrected chi connectivity index (χ0v) is 30.0. The van der Waals surface area contributed by atoms with E-state index in [9.17, 15) is 0 Å². The lowest BCUT2D eigenvalue weighted by atomic mass is 9.28. The summed E-state index contributed by atoms with van der Waals surface area (Å²) in [5.41, 5.74) is 3.01. The number of hydrogen-bond donors (Lipinski definition) is 0. The summed E-state index contributed by atoms with van der Waals surface area (Å²) >= 11 is 0. The van der Waals surface area contributed by atoms with Crippen LogP contribution in [0.5, 0.6) is 0 Å². The third-order valence-corrected chi connectivity index (χ3v) is 16.3. The van der Waals surface area contributed by atoms with Gasteiger partial charge in [0.05, 0.1) is 0 Å². The van der Waals surface area contributed by atoms with Crippen molar-refractivity contribution in [1.82, 2.24) is 0 Å². The molecule has 4 rings (SSSR count). The predicted molar refractivity (Wildman–Crippen MR) is 177 cm³/mol. The van der Waals surface area contributed by atoms with E-state index in [4.69, 9.17) is 6.58 Å². The first kappa shape index (κ1) is 32.6. The van der Waals surface area contributed by atoms with Gasteiger partial charge in [0.2, 0.25) is 0 Å². The van der Waals surface area contributed by atoms with Crippen molar-refractivity contribution in [2.75, 3.05) is 0 Å². The normalized spacial score (nSPS) is 51.4. The Balaban J connectivity index is 1.73. The van der Waals surface area contributed by atoms with Gasteiger partial charge in [-0.25, -0.2) is 0 Å². The van der Waals surface area contributed by atoms with Crippen molar-refractivity contribution in [1.29, 1.82) is 0 Å². The second-order valence-electron chi connectivity index (χ2n) is 18.7. The fraction of sp³-hybridized carbons (Fsp3) is 0.950. The monoisotopic (exact) mass is 553 g/mol. The highest BCUT2D eigenvalue weighted by Crippen LogP contribution is 2.78. The molecule has 0 amide bonds. The maximum absolute atomic E-state index is 5.04. The van der Waals surface area contributed by atoms with Crippen LogP contribution in [0.4, 0.5) is 0 Å². The Bertz CT molecular complexity index is 922. The minimum Gasteiger partial charge on any atom is -0.0990 e. The zero-order chi connectivity index (χ0) is 30.3. The first-order valence-electron chi connectivity index (χ1n) is 18.0. The summed E-state index contributed by atoms with van der Waals surface area (Å²) in [5.74, 6) is 10.1.